The zero-order valence-corrected chi connectivity index (χ0v) is 9.85. The summed E-state index contributed by atoms with van der Waals surface area (Å²) in [5.74, 6) is -1.70. The molecule has 16 heavy (non-hydrogen) atoms. The average Bonchev–Trinajstić information content (AvgIpc) is 2.22. The number of hydrogen-bond donors (Lipinski definition) is 1. The Bertz CT molecular complexity index is 409. The van der Waals surface area contributed by atoms with Gasteiger partial charge in [-0.3, -0.25) is 0 Å². The summed E-state index contributed by atoms with van der Waals surface area (Å²) >= 11 is 11.2. The van der Waals surface area contributed by atoms with Crippen LogP contribution >= 0.6 is 23.2 Å². The number of carbonyl (C=O) groups excluding carboxylic acids is 1. The maximum Gasteiger partial charge on any atom is 0.339 e. The highest BCUT2D eigenvalue weighted by atomic mass is 35.5. The molecule has 0 fully saturated rings. The Kier molecular flexibility index (Phi) is 4.53. The van der Waals surface area contributed by atoms with E-state index in [1.165, 1.54) is 6.07 Å². The number of halogens is 3. The van der Waals surface area contributed by atoms with Crippen molar-refractivity contribution in [2.45, 2.75) is 13.0 Å². The van der Waals surface area contributed by atoms with Gasteiger partial charge >= 0.3 is 5.97 Å². The largest absolute Gasteiger partial charge is 0.464 e. The van der Waals surface area contributed by atoms with Crippen molar-refractivity contribution < 1.29 is 19.0 Å². The quantitative estimate of drug-likeness (QED) is 0.676. The summed E-state index contributed by atoms with van der Waals surface area (Å²) in [5.41, 5.74) is -0.106. The van der Waals surface area contributed by atoms with Gasteiger partial charge in [-0.15, -0.1) is 0 Å². The van der Waals surface area contributed by atoms with Crippen molar-refractivity contribution in [1.29, 1.82) is 0 Å². The summed E-state index contributed by atoms with van der Waals surface area (Å²) in [6.45, 7) is 1.70. The fourth-order valence-electron chi connectivity index (χ4n) is 1.12. The first-order valence-electron chi connectivity index (χ1n) is 4.46. The van der Waals surface area contributed by atoms with Crippen LogP contribution in [0.4, 0.5) is 4.39 Å². The highest BCUT2D eigenvalue weighted by molar-refractivity contribution is 6.33. The van der Waals surface area contributed by atoms with Gasteiger partial charge < -0.3 is 9.84 Å². The molecule has 1 atom stereocenters. The molecule has 0 spiro atoms. The first-order chi connectivity index (χ1) is 7.47. The number of aliphatic hydroxyl groups excluding tert-OH is 1. The molecular weight excluding hydrogens is 258 g/mol. The third-order valence-corrected chi connectivity index (χ3v) is 2.44. The van der Waals surface area contributed by atoms with E-state index in [0.717, 1.165) is 6.07 Å². The van der Waals surface area contributed by atoms with Gasteiger partial charge in [0.05, 0.1) is 11.6 Å². The molecule has 0 aliphatic carbocycles. The molecule has 1 aromatic carbocycles. The van der Waals surface area contributed by atoms with Crippen LogP contribution in [0.2, 0.25) is 10.0 Å². The van der Waals surface area contributed by atoms with Crippen LogP contribution in [0.1, 0.15) is 18.6 Å². The van der Waals surface area contributed by atoms with Gasteiger partial charge in [-0.25, -0.2) is 9.18 Å². The number of rotatable bonds is 3. The predicted octanol–water partition coefficient (Wildman–Crippen LogP) is 2.73. The lowest BCUT2D eigenvalue weighted by atomic mass is 10.1. The fourth-order valence-corrected chi connectivity index (χ4v) is 1.55. The molecule has 0 heterocycles. The molecule has 0 bridgehead atoms. The molecule has 0 radical (unpaired) electrons. The average molecular weight is 267 g/mol. The van der Waals surface area contributed by atoms with Crippen LogP contribution in [0.25, 0.3) is 0 Å². The first kappa shape index (κ1) is 13.2. The predicted molar refractivity (Wildman–Crippen MR) is 58.0 cm³/mol. The summed E-state index contributed by atoms with van der Waals surface area (Å²) < 4.78 is 17.7. The van der Waals surface area contributed by atoms with Gasteiger partial charge in [-0.2, -0.15) is 0 Å². The van der Waals surface area contributed by atoms with Crippen LogP contribution in [0.5, 0.6) is 0 Å². The molecule has 88 valence electrons. The Morgan fingerprint density at radius 1 is 1.56 bits per heavy atom. The normalized spacial score (nSPS) is 12.3. The standard InChI is InChI=1S/C10H9Cl2FO3/c1-2-16-10(15)9(14)6-3-5(11)4-7(13)8(6)12/h3-4,9,14H,2H2,1H3. The van der Waals surface area contributed by atoms with E-state index in [1.54, 1.807) is 6.92 Å². The van der Waals surface area contributed by atoms with Gasteiger partial charge in [-0.1, -0.05) is 23.2 Å². The Balaban J connectivity index is 3.08. The first-order valence-corrected chi connectivity index (χ1v) is 5.22. The van der Waals surface area contributed by atoms with Crippen LogP contribution in [0.3, 0.4) is 0 Å². The topological polar surface area (TPSA) is 46.5 Å². The summed E-state index contributed by atoms with van der Waals surface area (Å²) in [6.07, 6.45) is -1.64. The van der Waals surface area contributed by atoms with Crippen molar-refractivity contribution >= 4 is 29.2 Å². The molecule has 0 aliphatic heterocycles. The molecule has 0 saturated heterocycles. The summed E-state index contributed by atoms with van der Waals surface area (Å²) in [4.78, 5) is 11.2. The Morgan fingerprint density at radius 3 is 2.75 bits per heavy atom. The highest BCUT2D eigenvalue weighted by Gasteiger charge is 2.23. The minimum absolute atomic E-state index is 0.0419. The minimum Gasteiger partial charge on any atom is -0.464 e. The second-order valence-electron chi connectivity index (χ2n) is 2.95. The lowest BCUT2D eigenvalue weighted by Gasteiger charge is -2.12. The monoisotopic (exact) mass is 266 g/mol. The highest BCUT2D eigenvalue weighted by Crippen LogP contribution is 2.29. The Morgan fingerprint density at radius 2 is 2.19 bits per heavy atom. The molecule has 6 heteroatoms. The second-order valence-corrected chi connectivity index (χ2v) is 3.76. The number of hydrogen-bond acceptors (Lipinski definition) is 3. The second kappa shape index (κ2) is 5.48. The maximum atomic E-state index is 13.2. The molecule has 0 aliphatic rings. The number of ether oxygens (including phenoxy) is 1. The van der Waals surface area contributed by atoms with Gasteiger partial charge in [-0.05, 0) is 19.1 Å². The molecule has 0 saturated carbocycles. The molecule has 3 nitrogen and oxygen atoms in total. The number of benzene rings is 1. The lowest BCUT2D eigenvalue weighted by molar-refractivity contribution is -0.153. The van der Waals surface area contributed by atoms with E-state index >= 15 is 0 Å². The van der Waals surface area contributed by atoms with Gasteiger partial charge in [0.2, 0.25) is 0 Å². The third kappa shape index (κ3) is 2.84. The van der Waals surface area contributed by atoms with Gasteiger partial charge in [0.1, 0.15) is 5.82 Å². The van der Waals surface area contributed by atoms with Crippen molar-refractivity contribution in [3.05, 3.63) is 33.6 Å². The summed E-state index contributed by atoms with van der Waals surface area (Å²) in [6, 6.07) is 2.21. The van der Waals surface area contributed by atoms with Gasteiger partial charge in [0.15, 0.2) is 6.10 Å². The molecular formula is C10H9Cl2FO3. The minimum atomic E-state index is -1.64. The SMILES string of the molecule is CCOC(=O)C(O)c1cc(Cl)cc(F)c1Cl. The van der Waals surface area contributed by atoms with E-state index in [9.17, 15) is 14.3 Å². The molecule has 1 N–H and O–H groups in total. The molecule has 0 amide bonds. The molecule has 1 rings (SSSR count). The zero-order valence-electron chi connectivity index (χ0n) is 8.34. The number of carbonyl (C=O) groups is 1. The van der Waals surface area contributed by atoms with Gasteiger partial charge in [0, 0.05) is 10.6 Å². The van der Waals surface area contributed by atoms with E-state index in [-0.39, 0.29) is 22.2 Å². The van der Waals surface area contributed by atoms with E-state index in [0.29, 0.717) is 0 Å². The molecule has 1 aromatic rings. The van der Waals surface area contributed by atoms with Crippen LogP contribution in [0, 0.1) is 5.82 Å². The number of aliphatic hydroxyl groups is 1. The van der Waals surface area contributed by atoms with Gasteiger partial charge in [0.25, 0.3) is 0 Å². The van der Waals surface area contributed by atoms with Crippen LogP contribution in [0.15, 0.2) is 12.1 Å². The zero-order chi connectivity index (χ0) is 12.3. The van der Waals surface area contributed by atoms with E-state index < -0.39 is 17.9 Å². The smallest absolute Gasteiger partial charge is 0.339 e. The Hall–Kier alpha value is -0.840. The van der Waals surface area contributed by atoms with Crippen molar-refractivity contribution in [3.63, 3.8) is 0 Å². The van der Waals surface area contributed by atoms with Crippen molar-refractivity contribution in [3.8, 4) is 0 Å². The van der Waals surface area contributed by atoms with Crippen molar-refractivity contribution in [1.82, 2.24) is 0 Å². The third-order valence-electron chi connectivity index (χ3n) is 1.83. The molecule has 0 aromatic heterocycles. The van der Waals surface area contributed by atoms with Crippen LogP contribution < -0.4 is 0 Å². The fraction of sp³-hybridized carbons (Fsp3) is 0.300. The van der Waals surface area contributed by atoms with E-state index in [1.807, 2.05) is 0 Å². The molecule has 1 unspecified atom stereocenters. The van der Waals surface area contributed by atoms with Crippen LogP contribution in [-0.2, 0) is 9.53 Å². The van der Waals surface area contributed by atoms with Crippen LogP contribution in [-0.4, -0.2) is 17.7 Å². The summed E-state index contributed by atoms with van der Waals surface area (Å²) in [5, 5.41) is 9.26. The van der Waals surface area contributed by atoms with Crippen molar-refractivity contribution in [2.75, 3.05) is 6.61 Å². The lowest BCUT2D eigenvalue weighted by Crippen LogP contribution is -2.16. The van der Waals surface area contributed by atoms with E-state index in [2.05, 4.69) is 4.74 Å². The Labute approximate surface area is 102 Å². The van der Waals surface area contributed by atoms with Crippen molar-refractivity contribution in [2.24, 2.45) is 0 Å². The maximum absolute atomic E-state index is 13.2. The van der Waals surface area contributed by atoms with E-state index in [4.69, 9.17) is 23.2 Å². The summed E-state index contributed by atoms with van der Waals surface area (Å²) in [7, 11) is 0. The number of esters is 1.